The average Bonchev–Trinajstić information content (AvgIpc) is 3.09. The third kappa shape index (κ3) is 3.31. The zero-order chi connectivity index (χ0) is 17.9. The average molecular weight is 351 g/mol. The van der Waals surface area contributed by atoms with Gasteiger partial charge in [0.25, 0.3) is 0 Å². The summed E-state index contributed by atoms with van der Waals surface area (Å²) in [7, 11) is 1.95. The van der Waals surface area contributed by atoms with Crippen LogP contribution in [0.25, 0.3) is 17.8 Å². The van der Waals surface area contributed by atoms with E-state index in [1.165, 1.54) is 34.7 Å². The summed E-state index contributed by atoms with van der Waals surface area (Å²) in [6.45, 7) is 3.25. The Morgan fingerprint density at radius 2 is 1.81 bits per heavy atom. The van der Waals surface area contributed by atoms with E-state index in [9.17, 15) is 0 Å². The van der Waals surface area contributed by atoms with Crippen molar-refractivity contribution < 1.29 is 5.11 Å². The highest BCUT2D eigenvalue weighted by molar-refractivity contribution is 5.51. The first-order valence-corrected chi connectivity index (χ1v) is 9.83. The fourth-order valence-electron chi connectivity index (χ4n) is 4.37. The van der Waals surface area contributed by atoms with Crippen molar-refractivity contribution in [2.24, 2.45) is 0 Å². The van der Waals surface area contributed by atoms with E-state index in [1.807, 2.05) is 7.05 Å². The molecule has 0 atom stereocenters. The number of aliphatic hydroxyl groups is 1. The van der Waals surface area contributed by atoms with Crippen molar-refractivity contribution in [1.82, 2.24) is 9.47 Å². The minimum Gasteiger partial charge on any atom is -0.395 e. The number of β-amino-alcohol motifs (C(OH)–C–C–N with tert-alkyl or cyclic N) is 1. The highest BCUT2D eigenvalue weighted by atomic mass is 16.3. The number of aliphatic hydroxyl groups excluding tert-OH is 1. The molecule has 2 aliphatic rings. The Balaban J connectivity index is 1.68. The molecule has 0 radical (unpaired) electrons. The van der Waals surface area contributed by atoms with E-state index in [0.717, 1.165) is 38.2 Å². The van der Waals surface area contributed by atoms with E-state index in [-0.39, 0.29) is 6.61 Å². The molecule has 2 aromatic rings. The van der Waals surface area contributed by atoms with Gasteiger partial charge in [-0.25, -0.2) is 0 Å². The standard InChI is InChI=1S/C22H29N3O/c1-23-18-6-8-19(9-7-18)25-16-21(20-4-2-3-5-22(20)25)17-10-12-24(13-11-17)14-15-26/h4-9,16-17,23,26H,2-3,10-15H2,1H3. The van der Waals surface area contributed by atoms with E-state index < -0.39 is 0 Å². The van der Waals surface area contributed by atoms with Crippen molar-refractivity contribution in [3.8, 4) is 5.69 Å². The summed E-state index contributed by atoms with van der Waals surface area (Å²) in [5.74, 6) is 0.624. The van der Waals surface area contributed by atoms with E-state index in [4.69, 9.17) is 5.11 Å². The van der Waals surface area contributed by atoms with Gasteiger partial charge in [-0.2, -0.15) is 0 Å². The first kappa shape index (κ1) is 17.4. The molecule has 26 heavy (non-hydrogen) atoms. The van der Waals surface area contributed by atoms with E-state index in [0.29, 0.717) is 5.92 Å². The van der Waals surface area contributed by atoms with Crippen LogP contribution in [0.15, 0.2) is 30.5 Å². The third-order valence-corrected chi connectivity index (χ3v) is 5.85. The van der Waals surface area contributed by atoms with Gasteiger partial charge in [0.2, 0.25) is 0 Å². The molecule has 1 aromatic carbocycles. The minimum absolute atomic E-state index is 0.266. The van der Waals surface area contributed by atoms with Crippen molar-refractivity contribution in [2.75, 3.05) is 38.6 Å². The van der Waals surface area contributed by atoms with Gasteiger partial charge in [0.05, 0.1) is 6.61 Å². The van der Waals surface area contributed by atoms with Gasteiger partial charge in [-0.1, -0.05) is 12.2 Å². The Kier molecular flexibility index (Phi) is 5.14. The van der Waals surface area contributed by atoms with Gasteiger partial charge in [0, 0.05) is 36.5 Å². The number of aromatic nitrogens is 1. The van der Waals surface area contributed by atoms with Crippen LogP contribution >= 0.6 is 0 Å². The maximum atomic E-state index is 9.17. The number of rotatable bonds is 5. The van der Waals surface area contributed by atoms with E-state index >= 15 is 0 Å². The summed E-state index contributed by atoms with van der Waals surface area (Å²) in [5.41, 5.74) is 3.88. The zero-order valence-corrected chi connectivity index (χ0v) is 15.6. The van der Waals surface area contributed by atoms with Crippen LogP contribution < -0.4 is 15.9 Å². The molecule has 138 valence electrons. The predicted octanol–water partition coefficient (Wildman–Crippen LogP) is 2.05. The van der Waals surface area contributed by atoms with Crippen LogP contribution in [0.5, 0.6) is 0 Å². The zero-order valence-electron chi connectivity index (χ0n) is 15.6. The van der Waals surface area contributed by atoms with Crippen molar-refractivity contribution in [1.29, 1.82) is 0 Å². The van der Waals surface area contributed by atoms with Gasteiger partial charge in [-0.3, -0.25) is 0 Å². The van der Waals surface area contributed by atoms with Gasteiger partial charge < -0.3 is 19.9 Å². The second-order valence-electron chi connectivity index (χ2n) is 7.38. The molecule has 1 aromatic heterocycles. The number of hydrogen-bond acceptors (Lipinski definition) is 3. The highest BCUT2D eigenvalue weighted by Gasteiger charge is 2.23. The molecule has 0 spiro atoms. The highest BCUT2D eigenvalue weighted by Crippen LogP contribution is 2.26. The molecular weight excluding hydrogens is 322 g/mol. The van der Waals surface area contributed by atoms with Gasteiger partial charge in [0.1, 0.15) is 0 Å². The number of nitrogens with zero attached hydrogens (tertiary/aromatic N) is 2. The fourth-order valence-corrected chi connectivity index (χ4v) is 4.37. The largest absolute Gasteiger partial charge is 0.395 e. The first-order chi connectivity index (χ1) is 12.8. The topological polar surface area (TPSA) is 40.4 Å². The molecule has 1 saturated heterocycles. The second-order valence-corrected chi connectivity index (χ2v) is 7.38. The molecular formula is C22H29N3O. The van der Waals surface area contributed by atoms with Crippen molar-refractivity contribution in [3.05, 3.63) is 46.6 Å². The van der Waals surface area contributed by atoms with Gasteiger partial charge in [-0.05, 0) is 79.7 Å². The summed E-state index contributed by atoms with van der Waals surface area (Å²) in [6, 6.07) is 8.67. The summed E-state index contributed by atoms with van der Waals surface area (Å²) >= 11 is 0. The molecule has 0 amide bonds. The van der Waals surface area contributed by atoms with Gasteiger partial charge >= 0.3 is 0 Å². The molecule has 0 unspecified atom stereocenters. The monoisotopic (exact) mass is 351 g/mol. The normalized spacial score (nSPS) is 18.1. The lowest BCUT2D eigenvalue weighted by Gasteiger charge is -2.31. The van der Waals surface area contributed by atoms with Gasteiger partial charge in [0.15, 0.2) is 0 Å². The fraction of sp³-hybridized carbons (Fsp3) is 0.455. The van der Waals surface area contributed by atoms with Crippen LogP contribution in [-0.4, -0.2) is 47.9 Å². The van der Waals surface area contributed by atoms with Crippen molar-refractivity contribution >= 4 is 17.8 Å². The molecule has 1 fully saturated rings. The van der Waals surface area contributed by atoms with Gasteiger partial charge in [-0.15, -0.1) is 0 Å². The summed E-state index contributed by atoms with van der Waals surface area (Å²) in [4.78, 5) is 2.38. The molecule has 4 nitrogen and oxygen atoms in total. The minimum atomic E-state index is 0.266. The summed E-state index contributed by atoms with van der Waals surface area (Å²) < 4.78 is 2.37. The van der Waals surface area contributed by atoms with Crippen LogP contribution in [0.3, 0.4) is 0 Å². The Morgan fingerprint density at radius 1 is 1.08 bits per heavy atom. The summed E-state index contributed by atoms with van der Waals surface area (Å²) in [6.07, 6.45) is 11.8. The maximum Gasteiger partial charge on any atom is 0.0558 e. The molecule has 4 heteroatoms. The molecule has 4 rings (SSSR count). The van der Waals surface area contributed by atoms with E-state index in [1.54, 1.807) is 0 Å². The Bertz CT molecular complexity index is 858. The van der Waals surface area contributed by atoms with Crippen molar-refractivity contribution in [3.63, 3.8) is 0 Å². The molecule has 0 bridgehead atoms. The molecule has 2 heterocycles. The third-order valence-electron chi connectivity index (χ3n) is 5.85. The SMILES string of the molecule is CNc1ccc(-n2cc(C3CCN(CCO)CC3)c3c2=CCCC=3)cc1. The lowest BCUT2D eigenvalue weighted by molar-refractivity contribution is 0.164. The number of anilines is 1. The number of piperidine rings is 1. The van der Waals surface area contributed by atoms with Crippen molar-refractivity contribution in [2.45, 2.75) is 31.6 Å². The van der Waals surface area contributed by atoms with Crippen LogP contribution in [-0.2, 0) is 0 Å². The Hall–Kier alpha value is -2.04. The first-order valence-electron chi connectivity index (χ1n) is 9.83. The van der Waals surface area contributed by atoms with Crippen LogP contribution in [0, 0.1) is 0 Å². The molecule has 1 aliphatic heterocycles. The smallest absolute Gasteiger partial charge is 0.0558 e. The van der Waals surface area contributed by atoms with E-state index in [2.05, 4.69) is 57.4 Å². The summed E-state index contributed by atoms with van der Waals surface area (Å²) in [5, 5.41) is 15.2. The Labute approximate surface area is 155 Å². The molecule has 1 aliphatic carbocycles. The van der Waals surface area contributed by atoms with Crippen LogP contribution in [0.2, 0.25) is 0 Å². The second kappa shape index (κ2) is 7.68. The number of fused-ring (bicyclic) bond motifs is 1. The molecule has 2 N–H and O–H groups in total. The number of benzene rings is 1. The maximum absolute atomic E-state index is 9.17. The lowest BCUT2D eigenvalue weighted by Crippen LogP contribution is -2.37. The number of hydrogen-bond donors (Lipinski definition) is 2. The lowest BCUT2D eigenvalue weighted by atomic mass is 9.89. The number of likely N-dealkylation sites (tertiary alicyclic amines) is 1. The Morgan fingerprint density at radius 3 is 2.50 bits per heavy atom. The number of nitrogens with one attached hydrogen (secondary N) is 1. The van der Waals surface area contributed by atoms with Crippen LogP contribution in [0.4, 0.5) is 5.69 Å². The molecule has 0 saturated carbocycles. The quantitative estimate of drug-likeness (QED) is 0.866. The predicted molar refractivity (Wildman–Crippen MR) is 108 cm³/mol. The van der Waals surface area contributed by atoms with Crippen LogP contribution in [0.1, 0.15) is 37.2 Å².